The van der Waals surface area contributed by atoms with Crippen LogP contribution >= 0.6 is 0 Å². The highest BCUT2D eigenvalue weighted by molar-refractivity contribution is 5.98. The molecule has 74 valence electrons. The van der Waals surface area contributed by atoms with E-state index in [1.165, 1.54) is 32.2 Å². The van der Waals surface area contributed by atoms with Crippen LogP contribution in [-0.2, 0) is 0 Å². The molecule has 0 spiro atoms. The zero-order valence-corrected chi connectivity index (χ0v) is 7.90. The van der Waals surface area contributed by atoms with Crippen molar-refractivity contribution in [2.45, 2.75) is 6.92 Å². The van der Waals surface area contributed by atoms with Crippen molar-refractivity contribution in [3.63, 3.8) is 0 Å². The minimum absolute atomic E-state index is 0.0505. The summed E-state index contributed by atoms with van der Waals surface area (Å²) in [6.45, 7) is 1.38. The van der Waals surface area contributed by atoms with Crippen LogP contribution in [0.1, 0.15) is 27.6 Å². The molecule has 0 saturated carbocycles. The highest BCUT2D eigenvalue weighted by atomic mass is 16.5. The van der Waals surface area contributed by atoms with Gasteiger partial charge in [-0.15, -0.1) is 0 Å². The number of hydrogen-bond acceptors (Lipinski definition) is 3. The van der Waals surface area contributed by atoms with Gasteiger partial charge in [-0.05, 0) is 25.1 Å². The number of aromatic carboxylic acids is 1. The van der Waals surface area contributed by atoms with Crippen LogP contribution in [0, 0.1) is 0 Å². The van der Waals surface area contributed by atoms with Gasteiger partial charge in [0.15, 0.2) is 5.78 Å². The lowest BCUT2D eigenvalue weighted by Crippen LogP contribution is -2.01. The van der Waals surface area contributed by atoms with Crippen LogP contribution in [0.25, 0.3) is 0 Å². The van der Waals surface area contributed by atoms with Crippen molar-refractivity contribution in [3.05, 3.63) is 29.3 Å². The van der Waals surface area contributed by atoms with Crippen LogP contribution < -0.4 is 4.74 Å². The first kappa shape index (κ1) is 10.2. The van der Waals surface area contributed by atoms with Crippen molar-refractivity contribution in [1.29, 1.82) is 0 Å². The molecule has 0 unspecified atom stereocenters. The zero-order chi connectivity index (χ0) is 10.7. The van der Waals surface area contributed by atoms with Crippen LogP contribution in [0.4, 0.5) is 0 Å². The summed E-state index contributed by atoms with van der Waals surface area (Å²) < 4.78 is 4.88. The van der Waals surface area contributed by atoms with Gasteiger partial charge in [0, 0.05) is 5.56 Å². The van der Waals surface area contributed by atoms with Gasteiger partial charge in [-0.1, -0.05) is 0 Å². The molecule has 0 bridgehead atoms. The smallest absolute Gasteiger partial charge is 0.335 e. The van der Waals surface area contributed by atoms with Gasteiger partial charge in [0.1, 0.15) is 5.75 Å². The molecule has 1 rings (SSSR count). The van der Waals surface area contributed by atoms with Gasteiger partial charge in [-0.2, -0.15) is 0 Å². The van der Waals surface area contributed by atoms with E-state index >= 15 is 0 Å². The first-order valence-corrected chi connectivity index (χ1v) is 3.98. The Kier molecular flexibility index (Phi) is 2.86. The van der Waals surface area contributed by atoms with Gasteiger partial charge >= 0.3 is 5.97 Å². The molecule has 0 aromatic heterocycles. The lowest BCUT2D eigenvalue weighted by Gasteiger charge is -2.03. The van der Waals surface area contributed by atoms with E-state index < -0.39 is 5.97 Å². The maximum Gasteiger partial charge on any atom is 0.335 e. The highest BCUT2D eigenvalue weighted by Crippen LogP contribution is 2.17. The van der Waals surface area contributed by atoms with E-state index in [9.17, 15) is 9.59 Å². The number of rotatable bonds is 3. The summed E-state index contributed by atoms with van der Waals surface area (Å²) in [5.41, 5.74) is 0.385. The molecule has 0 fully saturated rings. The van der Waals surface area contributed by atoms with Crippen molar-refractivity contribution in [2.24, 2.45) is 0 Å². The molecule has 1 aromatic carbocycles. The highest BCUT2D eigenvalue weighted by Gasteiger charge is 2.09. The summed E-state index contributed by atoms with van der Waals surface area (Å²) in [5.74, 6) is -0.895. The second-order valence-electron chi connectivity index (χ2n) is 2.81. The van der Waals surface area contributed by atoms with E-state index in [-0.39, 0.29) is 11.3 Å². The van der Waals surface area contributed by atoms with Crippen molar-refractivity contribution in [3.8, 4) is 5.75 Å². The first-order chi connectivity index (χ1) is 6.54. The molecule has 4 heteroatoms. The number of carboxylic acid groups (broad SMARTS) is 1. The van der Waals surface area contributed by atoms with Gasteiger partial charge in [-0.3, -0.25) is 4.79 Å². The summed E-state index contributed by atoms with van der Waals surface area (Å²) in [6.07, 6.45) is 0. The Hall–Kier alpha value is -1.84. The third-order valence-electron chi connectivity index (χ3n) is 1.80. The van der Waals surface area contributed by atoms with Crippen molar-refractivity contribution < 1.29 is 19.4 Å². The predicted molar refractivity (Wildman–Crippen MR) is 50.0 cm³/mol. The van der Waals surface area contributed by atoms with Gasteiger partial charge in [0.05, 0.1) is 12.7 Å². The average Bonchev–Trinajstić information content (AvgIpc) is 2.16. The van der Waals surface area contributed by atoms with Crippen LogP contribution in [0.15, 0.2) is 18.2 Å². The maximum absolute atomic E-state index is 11.0. The number of benzene rings is 1. The molecule has 0 aliphatic rings. The molecule has 0 radical (unpaired) electrons. The van der Waals surface area contributed by atoms with E-state index in [1.807, 2.05) is 0 Å². The fourth-order valence-electron chi connectivity index (χ4n) is 1.04. The molecule has 14 heavy (non-hydrogen) atoms. The molecule has 0 saturated heterocycles. The Bertz CT molecular complexity index is 349. The first-order valence-electron chi connectivity index (χ1n) is 3.98. The Morgan fingerprint density at radius 1 is 1.21 bits per heavy atom. The number of Topliss-reactive ketones (excluding diaryl/α,β-unsaturated/α-hetero) is 1. The summed E-state index contributed by atoms with van der Waals surface area (Å²) in [5, 5.41) is 8.74. The molecule has 0 amide bonds. The van der Waals surface area contributed by atoms with E-state index in [0.717, 1.165) is 0 Å². The molecule has 0 aliphatic carbocycles. The lowest BCUT2D eigenvalue weighted by molar-refractivity contribution is 0.0696. The fourth-order valence-corrected chi connectivity index (χ4v) is 1.04. The monoisotopic (exact) mass is 194 g/mol. The van der Waals surface area contributed by atoms with Crippen LogP contribution in [0.3, 0.4) is 0 Å². The normalized spacial score (nSPS) is 9.57. The summed E-state index contributed by atoms with van der Waals surface area (Å²) in [4.78, 5) is 21.7. The van der Waals surface area contributed by atoms with E-state index in [4.69, 9.17) is 9.84 Å². The predicted octanol–water partition coefficient (Wildman–Crippen LogP) is 1.60. The Balaban J connectivity index is 3.27. The standard InChI is InChI=1S/C10H10O4/c1-6(11)7-3-8(10(12)13)5-9(4-7)14-2/h3-5H,1-2H3,(H,12,13). The van der Waals surface area contributed by atoms with Crippen LogP contribution in [-0.4, -0.2) is 24.0 Å². The number of carbonyl (C=O) groups is 2. The Morgan fingerprint density at radius 2 is 1.79 bits per heavy atom. The number of methoxy groups -OCH3 is 1. The van der Waals surface area contributed by atoms with E-state index in [1.54, 1.807) is 0 Å². The topological polar surface area (TPSA) is 63.6 Å². The van der Waals surface area contributed by atoms with Crippen molar-refractivity contribution in [1.82, 2.24) is 0 Å². The van der Waals surface area contributed by atoms with Gasteiger partial charge in [0.25, 0.3) is 0 Å². The molecular weight excluding hydrogens is 184 g/mol. The SMILES string of the molecule is COc1cc(C(C)=O)cc(C(=O)O)c1. The zero-order valence-electron chi connectivity index (χ0n) is 7.90. The van der Waals surface area contributed by atoms with Crippen LogP contribution in [0.2, 0.25) is 0 Å². The van der Waals surface area contributed by atoms with Gasteiger partial charge < -0.3 is 9.84 Å². The number of ketones is 1. The maximum atomic E-state index is 11.0. The second kappa shape index (κ2) is 3.91. The minimum Gasteiger partial charge on any atom is -0.497 e. The number of ether oxygens (including phenoxy) is 1. The molecular formula is C10H10O4. The third-order valence-corrected chi connectivity index (χ3v) is 1.80. The largest absolute Gasteiger partial charge is 0.497 e. The third kappa shape index (κ3) is 2.10. The van der Waals surface area contributed by atoms with Gasteiger partial charge in [0.2, 0.25) is 0 Å². The molecule has 0 heterocycles. The number of carboxylic acids is 1. The molecule has 1 aromatic rings. The number of hydrogen-bond donors (Lipinski definition) is 1. The van der Waals surface area contributed by atoms with Crippen molar-refractivity contribution in [2.75, 3.05) is 7.11 Å². The molecule has 4 nitrogen and oxygen atoms in total. The van der Waals surface area contributed by atoms with E-state index in [0.29, 0.717) is 11.3 Å². The Morgan fingerprint density at radius 3 is 2.21 bits per heavy atom. The molecule has 1 N–H and O–H groups in total. The quantitative estimate of drug-likeness (QED) is 0.742. The summed E-state index contributed by atoms with van der Waals surface area (Å²) in [6, 6.07) is 4.21. The lowest BCUT2D eigenvalue weighted by atomic mass is 10.1. The summed E-state index contributed by atoms with van der Waals surface area (Å²) >= 11 is 0. The number of carbonyl (C=O) groups excluding carboxylic acids is 1. The Labute approximate surface area is 81.1 Å². The minimum atomic E-state index is -1.08. The molecule has 0 atom stereocenters. The van der Waals surface area contributed by atoms with Crippen LogP contribution in [0.5, 0.6) is 5.75 Å². The molecule has 0 aliphatic heterocycles. The van der Waals surface area contributed by atoms with Crippen molar-refractivity contribution >= 4 is 11.8 Å². The second-order valence-corrected chi connectivity index (χ2v) is 2.81. The fraction of sp³-hybridized carbons (Fsp3) is 0.200. The van der Waals surface area contributed by atoms with E-state index in [2.05, 4.69) is 0 Å². The average molecular weight is 194 g/mol. The van der Waals surface area contributed by atoms with Gasteiger partial charge in [-0.25, -0.2) is 4.79 Å². The summed E-state index contributed by atoms with van der Waals surface area (Å²) in [7, 11) is 1.42.